The van der Waals surface area contributed by atoms with Crippen molar-refractivity contribution in [2.45, 2.75) is 166 Å². The van der Waals surface area contributed by atoms with Gasteiger partial charge in [0.15, 0.2) is 23.2 Å². The van der Waals surface area contributed by atoms with E-state index in [4.69, 9.17) is 29.8 Å². The Labute approximate surface area is 309 Å². The summed E-state index contributed by atoms with van der Waals surface area (Å²) in [6, 6.07) is 5.85. The molecule has 2 aliphatic rings. The van der Waals surface area contributed by atoms with Crippen LogP contribution in [0.1, 0.15) is 105 Å². The molecule has 1 saturated carbocycles. The Morgan fingerprint density at radius 1 is 1.00 bits per heavy atom. The number of nitrogens with zero attached hydrogens (tertiary/aromatic N) is 2. The molecule has 0 bridgehead atoms. The van der Waals surface area contributed by atoms with E-state index in [0.29, 0.717) is 25.0 Å². The van der Waals surface area contributed by atoms with Crippen molar-refractivity contribution in [2.24, 2.45) is 17.4 Å². The van der Waals surface area contributed by atoms with Crippen molar-refractivity contribution < 1.29 is 27.9 Å². The van der Waals surface area contributed by atoms with E-state index in [1.165, 1.54) is 31.6 Å². The molecule has 1 aromatic carbocycles. The molecule has 286 valence electrons. The predicted molar refractivity (Wildman–Crippen MR) is 208 cm³/mol. The molecule has 2 unspecified atom stereocenters. The Hall–Kier alpha value is -2.36. The molecule has 1 aromatic heterocycles. The number of nitrogens with two attached hydrogens (primary N) is 2. The second kappa shape index (κ2) is 15.6. The van der Waals surface area contributed by atoms with Gasteiger partial charge in [-0.15, -0.1) is 0 Å². The summed E-state index contributed by atoms with van der Waals surface area (Å²) < 4.78 is 26.4. The van der Waals surface area contributed by atoms with Gasteiger partial charge in [0.25, 0.3) is 0 Å². The Kier molecular flexibility index (Phi) is 12.6. The van der Waals surface area contributed by atoms with E-state index in [0.717, 1.165) is 41.4 Å². The number of benzene rings is 1. The van der Waals surface area contributed by atoms with E-state index in [-0.39, 0.29) is 28.2 Å². The van der Waals surface area contributed by atoms with Gasteiger partial charge in [-0.3, -0.25) is 0 Å². The van der Waals surface area contributed by atoms with E-state index < -0.39 is 46.4 Å². The number of hydrogen-bond acceptors (Lipinski definition) is 9. The fraction of sp³-hybridized carbons (Fsp3) is 0.718. The molecule has 2 aromatic rings. The lowest BCUT2D eigenvalue weighted by Gasteiger charge is -2.49. The normalized spacial score (nSPS) is 24.5. The third kappa shape index (κ3) is 9.24. The van der Waals surface area contributed by atoms with Gasteiger partial charge in [0.1, 0.15) is 12.1 Å². The number of aromatic nitrogens is 2. The van der Waals surface area contributed by atoms with Gasteiger partial charge < -0.3 is 29.8 Å². The minimum absolute atomic E-state index is 0.0286. The first-order valence-corrected chi connectivity index (χ1v) is 24.7. The van der Waals surface area contributed by atoms with Crippen molar-refractivity contribution in [2.75, 3.05) is 6.61 Å². The fourth-order valence-corrected chi connectivity index (χ4v) is 10.1. The van der Waals surface area contributed by atoms with Crippen LogP contribution in [0.25, 0.3) is 0 Å². The Balaban J connectivity index is 1.61. The second-order valence-electron chi connectivity index (χ2n) is 18.2. The highest BCUT2D eigenvalue weighted by atomic mass is 28.4. The van der Waals surface area contributed by atoms with Crippen LogP contribution in [0.3, 0.4) is 0 Å². The van der Waals surface area contributed by atoms with E-state index >= 15 is 0 Å². The molecule has 0 spiro atoms. The number of carbonyl (C=O) groups excluding carboxylic acids is 2. The van der Waals surface area contributed by atoms with Gasteiger partial charge in [-0.2, -0.15) is 0 Å². The van der Waals surface area contributed by atoms with Crippen LogP contribution in [0, 0.1) is 5.92 Å². The van der Waals surface area contributed by atoms with Crippen LogP contribution in [0.15, 0.2) is 36.9 Å². The van der Waals surface area contributed by atoms with Gasteiger partial charge in [0, 0.05) is 35.5 Å². The molecule has 1 fully saturated rings. The van der Waals surface area contributed by atoms with Gasteiger partial charge in [-0.25, -0.2) is 19.1 Å². The molecule has 51 heavy (non-hydrogen) atoms. The highest BCUT2D eigenvalue weighted by Gasteiger charge is 2.63. The molecule has 4 rings (SSSR count). The lowest BCUT2D eigenvalue weighted by Crippen LogP contribution is -2.69. The number of ether oxygens (including phenoxy) is 2. The van der Waals surface area contributed by atoms with E-state index in [1.54, 1.807) is 0 Å². The van der Waals surface area contributed by atoms with Crippen LogP contribution in [0.2, 0.25) is 36.3 Å². The summed E-state index contributed by atoms with van der Waals surface area (Å²) in [5.41, 5.74) is 15.7. The van der Waals surface area contributed by atoms with Gasteiger partial charge in [-0.1, -0.05) is 79.9 Å². The van der Waals surface area contributed by atoms with Gasteiger partial charge in [0.05, 0.1) is 6.10 Å². The van der Waals surface area contributed by atoms with Crippen LogP contribution in [0.4, 0.5) is 4.79 Å². The van der Waals surface area contributed by atoms with Crippen LogP contribution < -0.4 is 16.2 Å². The number of unbranched alkanes of at least 4 members (excludes halogenated alkanes) is 2. The summed E-state index contributed by atoms with van der Waals surface area (Å²) in [6.07, 6.45) is 11.4. The number of fused-ring (bicyclic) bond motifs is 2. The minimum Gasteiger partial charge on any atom is -0.482 e. The molecule has 0 radical (unpaired) electrons. The first kappa shape index (κ1) is 41.4. The van der Waals surface area contributed by atoms with Crippen LogP contribution in [-0.4, -0.2) is 68.1 Å². The van der Waals surface area contributed by atoms with Crippen molar-refractivity contribution in [1.82, 2.24) is 9.55 Å². The van der Waals surface area contributed by atoms with Gasteiger partial charge >= 0.3 is 12.1 Å². The monoisotopic (exact) mass is 742 g/mol. The summed E-state index contributed by atoms with van der Waals surface area (Å²) in [7, 11) is -4.18. The highest BCUT2D eigenvalue weighted by molar-refractivity contribution is 6.74. The molecule has 4 N–H and O–H groups in total. The minimum atomic E-state index is -2.18. The zero-order valence-electron chi connectivity index (χ0n) is 33.3. The first-order valence-electron chi connectivity index (χ1n) is 18.9. The van der Waals surface area contributed by atoms with Crippen molar-refractivity contribution in [1.29, 1.82) is 0 Å². The summed E-state index contributed by atoms with van der Waals surface area (Å²) in [5.74, 6) is -0.208. The average molecular weight is 743 g/mol. The number of imidazole rings is 1. The molecule has 2 aliphatic carbocycles. The maximum Gasteiger partial charge on any atom is 0.427 e. The summed E-state index contributed by atoms with van der Waals surface area (Å²) in [5, 5.41) is 0.152. The molecule has 10 nitrogen and oxygen atoms in total. The first-order chi connectivity index (χ1) is 23.5. The molecule has 0 saturated heterocycles. The molecular weight excluding hydrogens is 677 g/mol. The molecule has 0 amide bonds. The molecular formula is C39H66N4O6Si2. The number of hydrogen-bond donors (Lipinski definition) is 2. The molecule has 12 heteroatoms. The van der Waals surface area contributed by atoms with Crippen molar-refractivity contribution in [3.05, 3.63) is 48.0 Å². The van der Waals surface area contributed by atoms with Gasteiger partial charge in [-0.05, 0) is 92.0 Å². The third-order valence-corrected chi connectivity index (χ3v) is 21.6. The Morgan fingerprint density at radius 2 is 1.69 bits per heavy atom. The lowest BCUT2D eigenvalue weighted by molar-refractivity contribution is -0.139. The van der Waals surface area contributed by atoms with Crippen molar-refractivity contribution in [3.8, 4) is 5.75 Å². The van der Waals surface area contributed by atoms with E-state index in [1.807, 2.05) is 12.1 Å². The lowest BCUT2D eigenvalue weighted by atomic mass is 9.64. The largest absolute Gasteiger partial charge is 0.482 e. The van der Waals surface area contributed by atoms with Crippen LogP contribution in [0.5, 0.6) is 5.75 Å². The summed E-state index contributed by atoms with van der Waals surface area (Å²) in [6.45, 7) is 24.9. The zero-order valence-corrected chi connectivity index (χ0v) is 35.3. The van der Waals surface area contributed by atoms with E-state index in [9.17, 15) is 9.59 Å². The summed E-state index contributed by atoms with van der Waals surface area (Å²) >= 11 is 0. The fourth-order valence-electron chi connectivity index (χ4n) is 7.33. The second-order valence-corrected chi connectivity index (χ2v) is 27.8. The van der Waals surface area contributed by atoms with Gasteiger partial charge in [0.2, 0.25) is 0 Å². The molecule has 5 atom stereocenters. The number of rotatable bonds is 14. The Bertz CT molecular complexity index is 1500. The van der Waals surface area contributed by atoms with Crippen LogP contribution >= 0.6 is 0 Å². The predicted octanol–water partition coefficient (Wildman–Crippen LogP) is 8.13. The third-order valence-electron chi connectivity index (χ3n) is 12.5. The van der Waals surface area contributed by atoms with Crippen LogP contribution in [-0.2, 0) is 31.2 Å². The number of esters is 1. The average Bonchev–Trinajstić information content (AvgIpc) is 3.61. The smallest absolute Gasteiger partial charge is 0.427 e. The van der Waals surface area contributed by atoms with E-state index in [2.05, 4.69) is 85.7 Å². The number of carbonyl (C=O) groups is 2. The van der Waals surface area contributed by atoms with Crippen molar-refractivity contribution >= 4 is 28.7 Å². The zero-order chi connectivity index (χ0) is 38.0. The maximum absolute atomic E-state index is 12.6. The Morgan fingerprint density at radius 3 is 2.29 bits per heavy atom. The topological polar surface area (TPSA) is 141 Å². The highest BCUT2D eigenvalue weighted by Crippen LogP contribution is 2.54. The SMILES string of the molecule is CCCCCC(CC[C@H]1C(O[Si](C)(C)C(C)(C)C)C[C@]2(N)Cc3c(cccc3OCC(=O)OC(=O)n3ccnc3)C[C@]12N)O[Si](C)(C)C(C)(C)C. The molecule has 1 heterocycles. The standard InChI is InChI=1S/C39H66N4O6Si2/c1-12-13-14-17-29(48-50(8,9)36(2,3)4)19-20-31-33(49-51(10,11)37(5,6)7)25-38(40)24-30-28(23-39(31,38)41)16-15-18-32(30)46-26-34(44)47-35(45)43-22-21-42-27-43/h15-16,18,21-22,27,29,31,33H,12-14,17,19-20,23-26,40-41H2,1-11H3/t29?,31-,33?,38+,39-/m0/s1. The molecule has 0 aliphatic heterocycles. The maximum atomic E-state index is 12.6. The van der Waals surface area contributed by atoms with Crippen molar-refractivity contribution in [3.63, 3.8) is 0 Å². The summed E-state index contributed by atoms with van der Waals surface area (Å²) in [4.78, 5) is 28.6. The quantitative estimate of drug-likeness (QED) is 0.0850.